The van der Waals surface area contributed by atoms with Crippen LogP contribution in [-0.4, -0.2) is 77.9 Å². The molecule has 0 radical (unpaired) electrons. The van der Waals surface area contributed by atoms with E-state index < -0.39 is 60.3 Å². The van der Waals surface area contributed by atoms with E-state index in [1.54, 1.807) is 45.6 Å². The number of hydrogen-bond donors (Lipinski definition) is 5. The number of nitriles is 2. The molecule has 602 valence electrons. The maximum atomic E-state index is 14.5. The van der Waals surface area contributed by atoms with E-state index in [4.69, 9.17) is 5.73 Å². The van der Waals surface area contributed by atoms with Crippen LogP contribution in [0.25, 0.3) is 67.3 Å². The Morgan fingerprint density at radius 2 is 0.966 bits per heavy atom. The Morgan fingerprint density at radius 1 is 0.471 bits per heavy atom. The predicted molar refractivity (Wildman–Crippen MR) is 410 cm³/mol. The number of alkyl halides is 10. The summed E-state index contributed by atoms with van der Waals surface area (Å²) in [6.45, 7) is 1.03. The number of rotatable bonds is 17. The van der Waals surface area contributed by atoms with E-state index in [1.807, 2.05) is 86.9 Å². The van der Waals surface area contributed by atoms with Gasteiger partial charge in [0.25, 0.3) is 0 Å². The highest BCUT2D eigenvalue weighted by Gasteiger charge is 2.32. The molecule has 38 heteroatoms. The third kappa shape index (κ3) is 19.3. The van der Waals surface area contributed by atoms with Crippen LogP contribution in [0.5, 0.6) is 17.2 Å². The summed E-state index contributed by atoms with van der Waals surface area (Å²) in [4.78, 5) is 26.4. The van der Waals surface area contributed by atoms with Gasteiger partial charge < -0.3 is 46.4 Å². The third-order valence-corrected chi connectivity index (χ3v) is 17.2. The minimum atomic E-state index is -4.75. The molecular formula is C81H56F14N20O4. The van der Waals surface area contributed by atoms with Crippen molar-refractivity contribution in [2.45, 2.75) is 53.5 Å². The smallest absolute Gasteiger partial charge is 0.573 e. The summed E-state index contributed by atoms with van der Waals surface area (Å²) in [5.41, 5.74) is 14.8. The highest BCUT2D eigenvalue weighted by Crippen LogP contribution is 2.37. The number of pyridine rings is 5. The zero-order valence-corrected chi connectivity index (χ0v) is 61.6. The fourth-order valence-corrected chi connectivity index (χ4v) is 12.3. The first kappa shape index (κ1) is 81.4. The number of ether oxygens (including phenoxy) is 3. The van der Waals surface area contributed by atoms with Gasteiger partial charge in [-0.2, -0.15) is 56.2 Å². The largest absolute Gasteiger partial charge is 0.619 e. The molecule has 0 spiro atoms. The topological polar surface area (TPSA) is 298 Å². The van der Waals surface area contributed by atoms with Gasteiger partial charge >= 0.3 is 25.8 Å². The zero-order chi connectivity index (χ0) is 84.7. The van der Waals surface area contributed by atoms with E-state index in [9.17, 15) is 77.2 Å². The van der Waals surface area contributed by atoms with Crippen LogP contribution >= 0.6 is 0 Å². The van der Waals surface area contributed by atoms with Crippen molar-refractivity contribution < 1.29 is 80.4 Å². The lowest BCUT2D eigenvalue weighted by Gasteiger charge is -2.13. The maximum absolute atomic E-state index is 14.5. The molecule has 10 aromatic heterocycles. The van der Waals surface area contributed by atoms with Gasteiger partial charge in [-0.15, -0.1) is 13.2 Å². The number of anilines is 9. The molecule has 0 saturated heterocycles. The van der Waals surface area contributed by atoms with E-state index in [1.165, 1.54) is 83.4 Å². The fourth-order valence-electron chi connectivity index (χ4n) is 12.3. The molecule has 119 heavy (non-hydrogen) atoms. The molecule has 0 saturated carbocycles. The van der Waals surface area contributed by atoms with Gasteiger partial charge in [0.1, 0.15) is 40.6 Å². The Hall–Kier alpha value is -15.6. The van der Waals surface area contributed by atoms with Gasteiger partial charge in [-0.1, -0.05) is 24.3 Å². The van der Waals surface area contributed by atoms with Gasteiger partial charge in [0.2, 0.25) is 18.2 Å². The third-order valence-electron chi connectivity index (χ3n) is 17.2. The minimum Gasteiger partial charge on any atom is -0.619 e. The average Bonchev–Trinajstić information content (AvgIpc) is 1.69. The molecule has 0 unspecified atom stereocenters. The van der Waals surface area contributed by atoms with Gasteiger partial charge in [-0.05, 0) is 173 Å². The average molecular weight is 1640 g/mol. The summed E-state index contributed by atoms with van der Waals surface area (Å²) in [6, 6.07) is 51.1. The lowest BCUT2D eigenvalue weighted by molar-refractivity contribution is -0.604. The van der Waals surface area contributed by atoms with Crippen molar-refractivity contribution in [3.05, 3.63) is 287 Å². The highest BCUT2D eigenvalue weighted by atomic mass is 19.4. The van der Waals surface area contributed by atoms with E-state index in [-0.39, 0.29) is 57.0 Å². The van der Waals surface area contributed by atoms with Gasteiger partial charge in [0.05, 0.1) is 90.4 Å². The molecule has 6 N–H and O–H groups in total. The van der Waals surface area contributed by atoms with E-state index in [0.29, 0.717) is 67.7 Å². The Bertz CT molecular complexity index is 6530. The number of para-hydroxylation sites is 2. The van der Waals surface area contributed by atoms with Crippen molar-refractivity contribution in [2.24, 2.45) is 0 Å². The SMILES string of the molecule is Cc1nc2cc(F)c(F)cc2n1-c1c[n+]([O-])cc(Nc2ccc(OC(F)F)cc2)n1.Cc1nc2ccccc2n1-c1cc(N)c(F)c(Nc2ccc(C(F)(F)F)cc2)n1.Cc1nn2ccccc2c1-c1cc(C#N)cc(Nc2ccc(OC(F)(F)F)cc2)n1.Cc1nn2ccccc2c1-c1cc(C#N)cc(Nc2ccc(OC(F)F)c(F)c2)n1. The molecule has 0 amide bonds. The molecule has 0 aliphatic carbocycles. The number of imidazole rings is 2. The summed E-state index contributed by atoms with van der Waals surface area (Å²) in [6.07, 6.45) is -3.26. The van der Waals surface area contributed by atoms with Crippen LogP contribution in [-0.2, 0) is 6.18 Å². The first-order chi connectivity index (χ1) is 56.8. The zero-order valence-electron chi connectivity index (χ0n) is 61.6. The number of nitrogens with two attached hydrogens (primary N) is 1. The Labute approximate surface area is 662 Å². The van der Waals surface area contributed by atoms with Crippen molar-refractivity contribution in [3.63, 3.8) is 0 Å². The molecule has 10 heterocycles. The quantitative estimate of drug-likeness (QED) is 0.0321. The molecule has 16 rings (SSSR count). The molecule has 24 nitrogen and oxygen atoms in total. The summed E-state index contributed by atoms with van der Waals surface area (Å²) in [5.74, 6) is -2.67. The highest BCUT2D eigenvalue weighted by molar-refractivity contribution is 5.84. The molecule has 0 aliphatic heterocycles. The number of fused-ring (bicyclic) bond motifs is 4. The summed E-state index contributed by atoms with van der Waals surface area (Å²) in [7, 11) is 0. The number of halogens is 14. The Kier molecular flexibility index (Phi) is 23.4. The van der Waals surface area contributed by atoms with Crippen LogP contribution in [0.1, 0.15) is 39.7 Å². The number of benzene rings is 6. The van der Waals surface area contributed by atoms with Gasteiger partial charge in [0.15, 0.2) is 40.7 Å². The number of aromatic nitrogens is 13. The monoisotopic (exact) mass is 1640 g/mol. The molecule has 0 bridgehead atoms. The molecule has 0 aliphatic rings. The van der Waals surface area contributed by atoms with Gasteiger partial charge in [-0.3, -0.25) is 9.13 Å². The fraction of sp³-hybridized carbons (Fsp3) is 0.0988. The van der Waals surface area contributed by atoms with Crippen LogP contribution in [0.4, 0.5) is 113 Å². The summed E-state index contributed by atoms with van der Waals surface area (Å²) >= 11 is 0. The van der Waals surface area contributed by atoms with Gasteiger partial charge in [0, 0.05) is 70.5 Å². The summed E-state index contributed by atoms with van der Waals surface area (Å²) < 4.78 is 199. The normalized spacial score (nSPS) is 11.3. The first-order valence-electron chi connectivity index (χ1n) is 34.8. The van der Waals surface area contributed by atoms with Crippen molar-refractivity contribution in [3.8, 4) is 63.5 Å². The number of aryl methyl sites for hydroxylation is 4. The molecule has 6 aromatic carbocycles. The lowest BCUT2D eigenvalue weighted by Crippen LogP contribution is -2.27. The molecule has 16 aromatic rings. The second kappa shape index (κ2) is 34.2. The van der Waals surface area contributed by atoms with Crippen molar-refractivity contribution in [1.82, 2.24) is 58.3 Å². The lowest BCUT2D eigenvalue weighted by atomic mass is 10.1. The van der Waals surface area contributed by atoms with E-state index >= 15 is 0 Å². The summed E-state index contributed by atoms with van der Waals surface area (Å²) in [5, 5.41) is 51.4. The number of hydrogen-bond acceptors (Lipinski definition) is 19. The number of nitrogens with zero attached hydrogens (tertiary/aromatic N) is 15. The first-order valence-corrected chi connectivity index (χ1v) is 34.8. The van der Waals surface area contributed by atoms with Crippen LogP contribution in [0.15, 0.2) is 219 Å². The van der Waals surface area contributed by atoms with Gasteiger partial charge in [-0.25, -0.2) is 56.5 Å². The Morgan fingerprint density at radius 3 is 1.52 bits per heavy atom. The number of nitrogens with one attached hydrogen (secondary N) is 4. The van der Waals surface area contributed by atoms with Crippen LogP contribution in [0, 0.1) is 78.8 Å². The molecular weight excluding hydrogens is 1580 g/mol. The Balaban J connectivity index is 0.000000137. The second-order valence-corrected chi connectivity index (χ2v) is 25.5. The molecule has 0 fully saturated rings. The standard InChI is InChI=1S/2C21H14F3N5O.C20H15F4N5.C19H13F4N5O2/c1-13-20(18-4-2-3-9-29(18)28-13)17-10-14(12-25)11-19(27-17)26-15-5-7-16(8-6-15)30-21(22,23)24;1-12-20(17-4-2-3-7-29(17)28-12)16-8-13(11-25)9-19(27-16)26-14-5-6-18(15(22)10-14)30-21(23)24;1-11-26-15-4-2-3-5-16(15)29(11)17-10-14(25)18(21)19(28-17)27-13-8-6-12(7-9-13)20(22,23)24;1-10-24-15-6-13(20)14(21)7-16(15)28(10)18-9-27(29)8-17(26-18)25-11-2-4-12(5-3-11)30-19(22)23/h2-11H,1H3,(H,26,27);2-10,21H,1H3,(H,26,27);2-10H,1H3,(H3,25,27,28);2-9,19H,1H3,(H,25,26). The van der Waals surface area contributed by atoms with E-state index in [0.717, 1.165) is 93.4 Å². The van der Waals surface area contributed by atoms with E-state index in [2.05, 4.69) is 87.7 Å². The van der Waals surface area contributed by atoms with Crippen LogP contribution in [0.3, 0.4) is 0 Å². The maximum Gasteiger partial charge on any atom is 0.573 e. The van der Waals surface area contributed by atoms with Crippen molar-refractivity contribution >= 4 is 84.8 Å². The molecule has 0 atom stereocenters. The minimum absolute atomic E-state index is 0.0223. The van der Waals surface area contributed by atoms with Crippen LogP contribution in [0.2, 0.25) is 0 Å². The van der Waals surface area contributed by atoms with Crippen molar-refractivity contribution in [1.29, 1.82) is 10.5 Å². The number of nitrogen functional groups attached to an aromatic ring is 1. The predicted octanol–water partition coefficient (Wildman–Crippen LogP) is 19.5. The van der Waals surface area contributed by atoms with Crippen molar-refractivity contribution in [2.75, 3.05) is 27.0 Å². The van der Waals surface area contributed by atoms with Crippen LogP contribution < -0.4 is 45.9 Å². The second-order valence-electron chi connectivity index (χ2n) is 25.5.